The van der Waals surface area contributed by atoms with Crippen molar-refractivity contribution in [2.24, 2.45) is 0 Å². The van der Waals surface area contributed by atoms with Crippen LogP contribution in [0.3, 0.4) is 0 Å². The maximum absolute atomic E-state index is 13.5. The number of nitrogens with zero attached hydrogens (tertiary/aromatic N) is 2. The lowest BCUT2D eigenvalue weighted by atomic mass is 10.1. The first kappa shape index (κ1) is 28.4. The Labute approximate surface area is 219 Å². The van der Waals surface area contributed by atoms with Gasteiger partial charge in [-0.3, -0.25) is 13.9 Å². The number of halogens is 3. The van der Waals surface area contributed by atoms with Crippen LogP contribution in [0.4, 0.5) is 5.69 Å². The van der Waals surface area contributed by atoms with Gasteiger partial charge >= 0.3 is 0 Å². The molecule has 0 spiro atoms. The topological polar surface area (TPSA) is 86.8 Å². The number of anilines is 1. The number of hydrogen-bond donors (Lipinski definition) is 1. The van der Waals surface area contributed by atoms with Crippen LogP contribution in [-0.2, 0) is 26.2 Å². The molecule has 0 saturated heterocycles. The van der Waals surface area contributed by atoms with Crippen LogP contribution in [0.5, 0.6) is 0 Å². The van der Waals surface area contributed by atoms with Crippen LogP contribution in [0.2, 0.25) is 10.0 Å². The average Bonchev–Trinajstić information content (AvgIpc) is 2.71. The van der Waals surface area contributed by atoms with Gasteiger partial charge in [-0.05, 0) is 57.5 Å². The van der Waals surface area contributed by atoms with Gasteiger partial charge in [0.25, 0.3) is 0 Å². The zero-order valence-electron chi connectivity index (χ0n) is 19.6. The average molecular weight is 593 g/mol. The number of amides is 2. The van der Waals surface area contributed by atoms with Crippen molar-refractivity contribution in [2.45, 2.75) is 45.8 Å². The molecule has 34 heavy (non-hydrogen) atoms. The molecule has 0 aliphatic rings. The smallest absolute Gasteiger partial charge is 0.244 e. The molecule has 1 atom stereocenters. The van der Waals surface area contributed by atoms with Crippen LogP contribution >= 0.6 is 39.1 Å². The number of benzene rings is 2. The lowest BCUT2D eigenvalue weighted by molar-refractivity contribution is -0.140. The SMILES string of the molecule is CC(C(=O)NC(C)(C)C)N(Cc1ccc(Br)cc1)C(=O)CN(c1cccc(Cl)c1Cl)S(C)(=O)=O. The lowest BCUT2D eigenvalue weighted by Gasteiger charge is -2.33. The molecule has 0 fully saturated rings. The fourth-order valence-corrected chi connectivity index (χ4v) is 4.69. The number of sulfonamides is 1. The monoisotopic (exact) mass is 591 g/mol. The molecule has 2 rings (SSSR count). The Morgan fingerprint density at radius 2 is 1.68 bits per heavy atom. The third kappa shape index (κ3) is 7.86. The Hall–Kier alpha value is -1.81. The summed E-state index contributed by atoms with van der Waals surface area (Å²) in [7, 11) is -3.90. The maximum Gasteiger partial charge on any atom is 0.244 e. The Morgan fingerprint density at radius 3 is 2.21 bits per heavy atom. The largest absolute Gasteiger partial charge is 0.350 e. The van der Waals surface area contributed by atoms with Crippen molar-refractivity contribution in [3.05, 3.63) is 62.5 Å². The van der Waals surface area contributed by atoms with E-state index in [4.69, 9.17) is 23.2 Å². The molecular weight excluding hydrogens is 565 g/mol. The molecule has 1 unspecified atom stereocenters. The second-order valence-corrected chi connectivity index (χ2v) is 12.5. The summed E-state index contributed by atoms with van der Waals surface area (Å²) in [6.45, 7) is 6.67. The minimum atomic E-state index is -3.90. The van der Waals surface area contributed by atoms with Crippen molar-refractivity contribution in [1.82, 2.24) is 10.2 Å². The molecule has 0 aliphatic heterocycles. The zero-order chi connectivity index (χ0) is 25.8. The van der Waals surface area contributed by atoms with Gasteiger partial charge in [0.2, 0.25) is 21.8 Å². The van der Waals surface area contributed by atoms with Crippen molar-refractivity contribution in [1.29, 1.82) is 0 Å². The van der Waals surface area contributed by atoms with Crippen molar-refractivity contribution in [2.75, 3.05) is 17.1 Å². The minimum absolute atomic E-state index is 0.0142. The highest BCUT2D eigenvalue weighted by molar-refractivity contribution is 9.10. The lowest BCUT2D eigenvalue weighted by Crippen LogP contribution is -2.54. The summed E-state index contributed by atoms with van der Waals surface area (Å²) < 4.78 is 27.0. The van der Waals surface area contributed by atoms with Crippen molar-refractivity contribution in [3.63, 3.8) is 0 Å². The summed E-state index contributed by atoms with van der Waals surface area (Å²) in [6.07, 6.45) is 0.978. The van der Waals surface area contributed by atoms with E-state index in [0.29, 0.717) is 0 Å². The van der Waals surface area contributed by atoms with E-state index in [1.54, 1.807) is 13.0 Å². The molecule has 0 heterocycles. The summed E-state index contributed by atoms with van der Waals surface area (Å²) >= 11 is 15.7. The van der Waals surface area contributed by atoms with E-state index in [-0.39, 0.29) is 28.2 Å². The van der Waals surface area contributed by atoms with Gasteiger partial charge in [-0.25, -0.2) is 8.42 Å². The summed E-state index contributed by atoms with van der Waals surface area (Å²) in [6, 6.07) is 11.0. The highest BCUT2D eigenvalue weighted by Crippen LogP contribution is 2.33. The first-order chi connectivity index (χ1) is 15.6. The molecule has 1 N–H and O–H groups in total. The molecule has 2 amide bonds. The predicted molar refractivity (Wildman–Crippen MR) is 141 cm³/mol. The fourth-order valence-electron chi connectivity index (χ4n) is 3.12. The van der Waals surface area contributed by atoms with Crippen molar-refractivity contribution < 1.29 is 18.0 Å². The predicted octanol–water partition coefficient (Wildman–Crippen LogP) is 4.85. The van der Waals surface area contributed by atoms with E-state index in [9.17, 15) is 18.0 Å². The molecule has 186 valence electrons. The molecule has 0 aliphatic carbocycles. The highest BCUT2D eigenvalue weighted by atomic mass is 79.9. The summed E-state index contributed by atoms with van der Waals surface area (Å²) in [5.74, 6) is -0.925. The molecule has 2 aromatic carbocycles. The van der Waals surface area contributed by atoms with Gasteiger partial charge in [0.05, 0.1) is 22.0 Å². The van der Waals surface area contributed by atoms with Gasteiger partial charge in [-0.2, -0.15) is 0 Å². The maximum atomic E-state index is 13.5. The van der Waals surface area contributed by atoms with Crippen molar-refractivity contribution >= 4 is 66.7 Å². The van der Waals surface area contributed by atoms with Gasteiger partial charge in [0.1, 0.15) is 12.6 Å². The molecule has 2 aromatic rings. The van der Waals surface area contributed by atoms with Crippen LogP contribution in [0.15, 0.2) is 46.9 Å². The third-order valence-electron chi connectivity index (χ3n) is 4.81. The molecule has 11 heteroatoms. The van der Waals surface area contributed by atoms with E-state index >= 15 is 0 Å². The van der Waals surface area contributed by atoms with E-state index in [0.717, 1.165) is 20.6 Å². The first-order valence-electron chi connectivity index (χ1n) is 10.4. The quantitative estimate of drug-likeness (QED) is 0.474. The molecule has 7 nitrogen and oxygen atoms in total. The zero-order valence-corrected chi connectivity index (χ0v) is 23.5. The minimum Gasteiger partial charge on any atom is -0.350 e. The van der Waals surface area contributed by atoms with Crippen LogP contribution in [0.1, 0.15) is 33.3 Å². The second-order valence-electron chi connectivity index (χ2n) is 8.91. The van der Waals surface area contributed by atoms with Gasteiger partial charge in [0, 0.05) is 16.6 Å². The highest BCUT2D eigenvalue weighted by Gasteiger charge is 2.32. The van der Waals surface area contributed by atoms with Crippen LogP contribution in [0.25, 0.3) is 0 Å². The number of carbonyl (C=O) groups excluding carboxylic acids is 2. The van der Waals surface area contributed by atoms with Gasteiger partial charge in [0.15, 0.2) is 0 Å². The Morgan fingerprint density at radius 1 is 1.09 bits per heavy atom. The number of nitrogens with one attached hydrogen (secondary N) is 1. The molecule has 0 bridgehead atoms. The fraction of sp³-hybridized carbons (Fsp3) is 0.391. The summed E-state index contributed by atoms with van der Waals surface area (Å²) in [4.78, 5) is 27.8. The van der Waals surface area contributed by atoms with Crippen LogP contribution < -0.4 is 9.62 Å². The normalized spacial score (nSPS) is 12.7. The standard InChI is InChI=1S/C23H28BrCl2N3O4S/c1-15(22(31)27-23(2,3)4)28(13-16-9-11-17(24)12-10-16)20(30)14-29(34(5,32)33)19-8-6-7-18(25)21(19)26/h6-12,15H,13-14H2,1-5H3,(H,27,31). The van der Waals surface area contributed by atoms with Gasteiger partial charge in [-0.1, -0.05) is 57.3 Å². The Bertz CT molecular complexity index is 1150. The second kappa shape index (κ2) is 11.3. The molecule has 0 radical (unpaired) electrons. The van der Waals surface area contributed by atoms with E-state index in [1.165, 1.54) is 17.0 Å². The Kier molecular flexibility index (Phi) is 9.44. The summed E-state index contributed by atoms with van der Waals surface area (Å²) in [5, 5.41) is 3.04. The van der Waals surface area contributed by atoms with Crippen molar-refractivity contribution in [3.8, 4) is 0 Å². The van der Waals surface area contributed by atoms with Crippen LogP contribution in [0, 0.1) is 0 Å². The molecular formula is C23H28BrCl2N3O4S. The van der Waals surface area contributed by atoms with E-state index in [1.807, 2.05) is 45.0 Å². The van der Waals surface area contributed by atoms with E-state index in [2.05, 4.69) is 21.2 Å². The third-order valence-corrected chi connectivity index (χ3v) is 7.27. The Balaban J connectivity index is 2.44. The van der Waals surface area contributed by atoms with Gasteiger partial charge in [-0.15, -0.1) is 0 Å². The van der Waals surface area contributed by atoms with Crippen LogP contribution in [-0.4, -0.2) is 49.5 Å². The number of hydrogen-bond acceptors (Lipinski definition) is 4. The number of rotatable bonds is 8. The molecule has 0 aromatic heterocycles. The number of carbonyl (C=O) groups is 2. The van der Waals surface area contributed by atoms with Gasteiger partial charge < -0.3 is 10.2 Å². The molecule has 0 saturated carbocycles. The first-order valence-corrected chi connectivity index (χ1v) is 13.8. The summed E-state index contributed by atoms with van der Waals surface area (Å²) in [5.41, 5.74) is 0.351. The van der Waals surface area contributed by atoms with E-state index < -0.39 is 34.1 Å².